The van der Waals surface area contributed by atoms with E-state index in [1.165, 1.54) is 13.8 Å². The fraction of sp³-hybridized carbons (Fsp3) is 0.889. The van der Waals surface area contributed by atoms with E-state index in [2.05, 4.69) is 10.6 Å². The minimum atomic E-state index is -2.53. The minimum absolute atomic E-state index is 0.0273. The molecule has 140 valence electrons. The average molecular weight is 346 g/mol. The highest BCUT2D eigenvalue weighted by Crippen LogP contribution is 2.31. The molecule has 6 heteroatoms. The van der Waals surface area contributed by atoms with Crippen molar-refractivity contribution in [2.24, 2.45) is 16.7 Å². The summed E-state index contributed by atoms with van der Waals surface area (Å²) in [4.78, 5) is 24.2. The third-order valence-electron chi connectivity index (χ3n) is 4.99. The van der Waals surface area contributed by atoms with Crippen LogP contribution in [0.3, 0.4) is 0 Å². The molecule has 0 aromatic rings. The van der Waals surface area contributed by atoms with Crippen molar-refractivity contribution in [1.82, 2.24) is 10.6 Å². The summed E-state index contributed by atoms with van der Waals surface area (Å²) in [6.45, 7) is 9.22. The van der Waals surface area contributed by atoms with Crippen LogP contribution in [0.15, 0.2) is 0 Å². The van der Waals surface area contributed by atoms with Crippen LogP contribution >= 0.6 is 0 Å². The van der Waals surface area contributed by atoms with E-state index in [0.29, 0.717) is 6.54 Å². The van der Waals surface area contributed by atoms with Gasteiger partial charge in [0.1, 0.15) is 0 Å². The van der Waals surface area contributed by atoms with E-state index in [1.807, 2.05) is 20.8 Å². The lowest BCUT2D eigenvalue weighted by molar-refractivity contribution is -0.130. The second-order valence-electron chi connectivity index (χ2n) is 8.32. The Morgan fingerprint density at radius 2 is 1.79 bits per heavy atom. The van der Waals surface area contributed by atoms with Gasteiger partial charge in [-0.3, -0.25) is 9.59 Å². The van der Waals surface area contributed by atoms with E-state index < -0.39 is 17.3 Å². The maximum atomic E-state index is 12.8. The topological polar surface area (TPSA) is 58.2 Å². The summed E-state index contributed by atoms with van der Waals surface area (Å²) >= 11 is 0. The number of hydrogen-bond acceptors (Lipinski definition) is 2. The number of carbonyl (C=O) groups excluding carboxylic acids is 2. The van der Waals surface area contributed by atoms with E-state index >= 15 is 0 Å². The predicted molar refractivity (Wildman–Crippen MR) is 90.8 cm³/mol. The van der Waals surface area contributed by atoms with Gasteiger partial charge in [0.2, 0.25) is 18.2 Å². The Labute approximate surface area is 144 Å². The molecule has 0 bridgehead atoms. The molecular formula is C18H32F2N2O2. The van der Waals surface area contributed by atoms with Crippen LogP contribution in [0.1, 0.15) is 66.7 Å². The Hall–Kier alpha value is -1.20. The summed E-state index contributed by atoms with van der Waals surface area (Å²) in [6.07, 6.45) is 0.816. The van der Waals surface area contributed by atoms with Gasteiger partial charge >= 0.3 is 0 Å². The zero-order valence-electron chi connectivity index (χ0n) is 15.5. The quantitative estimate of drug-likeness (QED) is 0.671. The lowest BCUT2D eigenvalue weighted by Gasteiger charge is -2.38. The van der Waals surface area contributed by atoms with E-state index in [9.17, 15) is 18.4 Å². The maximum absolute atomic E-state index is 12.8. The van der Waals surface area contributed by atoms with E-state index in [-0.39, 0.29) is 30.2 Å². The third-order valence-corrected chi connectivity index (χ3v) is 4.99. The highest BCUT2D eigenvalue weighted by molar-refractivity contribution is 5.81. The van der Waals surface area contributed by atoms with Crippen molar-refractivity contribution >= 4 is 11.8 Å². The summed E-state index contributed by atoms with van der Waals surface area (Å²) in [5, 5.41) is 5.81. The summed E-state index contributed by atoms with van der Waals surface area (Å²) in [7, 11) is 0. The molecule has 2 atom stereocenters. The zero-order chi connectivity index (χ0) is 18.5. The van der Waals surface area contributed by atoms with Gasteiger partial charge in [0, 0.05) is 29.8 Å². The fourth-order valence-corrected chi connectivity index (χ4v) is 2.95. The van der Waals surface area contributed by atoms with Gasteiger partial charge in [-0.25, -0.2) is 8.78 Å². The molecule has 0 radical (unpaired) electrons. The smallest absolute Gasteiger partial charge is 0.244 e. The molecule has 0 heterocycles. The van der Waals surface area contributed by atoms with Crippen LogP contribution < -0.4 is 10.6 Å². The third kappa shape index (κ3) is 5.71. The van der Waals surface area contributed by atoms with Crippen LogP contribution in [0.4, 0.5) is 8.78 Å². The van der Waals surface area contributed by atoms with Crippen molar-refractivity contribution in [3.63, 3.8) is 0 Å². The van der Waals surface area contributed by atoms with Gasteiger partial charge in [-0.15, -0.1) is 0 Å². The molecule has 0 saturated heterocycles. The molecule has 1 aliphatic rings. The zero-order valence-corrected chi connectivity index (χ0v) is 15.5. The molecule has 0 aliphatic heterocycles. The fourth-order valence-electron chi connectivity index (χ4n) is 2.95. The van der Waals surface area contributed by atoms with Crippen molar-refractivity contribution in [1.29, 1.82) is 0 Å². The van der Waals surface area contributed by atoms with Gasteiger partial charge in [-0.1, -0.05) is 41.0 Å². The summed E-state index contributed by atoms with van der Waals surface area (Å²) in [6, 6.07) is -0.0273. The Bertz CT molecular complexity index is 450. The standard InChI is InChI=1S/C18H32F2N2O2/c1-6-9-17(2,3)16(24)21-11-12-7-8-13(12)22-14(23)10-18(4,5)15(19)20/h12-13,15H,6-11H2,1-5H3,(H,21,24)(H,22,23)/t12-,13+/m0/s1. The van der Waals surface area contributed by atoms with Crippen LogP contribution in [-0.4, -0.2) is 30.8 Å². The van der Waals surface area contributed by atoms with Gasteiger partial charge in [-0.05, 0) is 25.2 Å². The number of rotatable bonds is 9. The highest BCUT2D eigenvalue weighted by Gasteiger charge is 2.37. The Morgan fingerprint density at radius 1 is 1.17 bits per heavy atom. The van der Waals surface area contributed by atoms with Gasteiger partial charge in [0.15, 0.2) is 0 Å². The first-order valence-corrected chi connectivity index (χ1v) is 8.85. The minimum Gasteiger partial charge on any atom is -0.355 e. The molecule has 0 aromatic carbocycles. The first-order chi connectivity index (χ1) is 11.0. The van der Waals surface area contributed by atoms with Crippen LogP contribution in [0.25, 0.3) is 0 Å². The van der Waals surface area contributed by atoms with Crippen LogP contribution in [0.5, 0.6) is 0 Å². The number of nitrogens with one attached hydrogen (secondary N) is 2. The molecule has 0 spiro atoms. The lowest BCUT2D eigenvalue weighted by atomic mass is 9.78. The van der Waals surface area contributed by atoms with Gasteiger partial charge < -0.3 is 10.6 Å². The lowest BCUT2D eigenvalue weighted by Crippen LogP contribution is -2.52. The molecule has 24 heavy (non-hydrogen) atoms. The Kier molecular flexibility index (Phi) is 7.17. The molecule has 1 rings (SSSR count). The molecule has 0 aromatic heterocycles. The normalized spacial score (nSPS) is 21.3. The van der Waals surface area contributed by atoms with Gasteiger partial charge in [-0.2, -0.15) is 0 Å². The number of alkyl halides is 2. The second-order valence-corrected chi connectivity index (χ2v) is 8.32. The molecule has 1 aliphatic carbocycles. The van der Waals surface area contributed by atoms with Gasteiger partial charge in [0.25, 0.3) is 0 Å². The van der Waals surface area contributed by atoms with Crippen LogP contribution in [0, 0.1) is 16.7 Å². The van der Waals surface area contributed by atoms with Crippen LogP contribution in [0.2, 0.25) is 0 Å². The molecule has 1 saturated carbocycles. The SMILES string of the molecule is CCCC(C)(C)C(=O)NC[C@@H]1CC[C@H]1NC(=O)CC(C)(C)C(F)F. The largest absolute Gasteiger partial charge is 0.355 e. The van der Waals surface area contributed by atoms with Crippen LogP contribution in [-0.2, 0) is 9.59 Å². The van der Waals surface area contributed by atoms with Crippen molar-refractivity contribution in [3.05, 3.63) is 0 Å². The van der Waals surface area contributed by atoms with E-state index in [0.717, 1.165) is 25.7 Å². The van der Waals surface area contributed by atoms with Crippen molar-refractivity contribution < 1.29 is 18.4 Å². The highest BCUT2D eigenvalue weighted by atomic mass is 19.3. The first kappa shape index (κ1) is 20.8. The Morgan fingerprint density at radius 3 is 2.25 bits per heavy atom. The van der Waals surface area contributed by atoms with Crippen molar-refractivity contribution in [3.8, 4) is 0 Å². The molecular weight excluding hydrogens is 314 g/mol. The average Bonchev–Trinajstić information content (AvgIpc) is 2.42. The summed E-state index contributed by atoms with van der Waals surface area (Å²) in [5.74, 6) is -0.127. The van der Waals surface area contributed by atoms with E-state index in [1.54, 1.807) is 0 Å². The molecule has 2 amide bonds. The predicted octanol–water partition coefficient (Wildman–Crippen LogP) is 3.51. The maximum Gasteiger partial charge on any atom is 0.244 e. The number of carbonyl (C=O) groups is 2. The molecule has 0 unspecified atom stereocenters. The monoisotopic (exact) mass is 346 g/mol. The second kappa shape index (κ2) is 8.26. The Balaban J connectivity index is 2.40. The van der Waals surface area contributed by atoms with Crippen molar-refractivity contribution in [2.45, 2.75) is 79.2 Å². The number of hydrogen-bond donors (Lipinski definition) is 2. The first-order valence-electron chi connectivity index (χ1n) is 8.85. The van der Waals surface area contributed by atoms with Gasteiger partial charge in [0.05, 0.1) is 0 Å². The van der Waals surface area contributed by atoms with E-state index in [4.69, 9.17) is 0 Å². The van der Waals surface area contributed by atoms with Crippen molar-refractivity contribution in [2.75, 3.05) is 6.54 Å². The number of amides is 2. The molecule has 2 N–H and O–H groups in total. The summed E-state index contributed by atoms with van der Waals surface area (Å²) in [5.41, 5.74) is -1.71. The number of halogens is 2. The molecule has 4 nitrogen and oxygen atoms in total. The molecule has 1 fully saturated rings. The summed E-state index contributed by atoms with van der Waals surface area (Å²) < 4.78 is 25.7.